The first-order chi connectivity index (χ1) is 10.1. The van der Waals surface area contributed by atoms with Crippen LogP contribution in [0.3, 0.4) is 0 Å². The van der Waals surface area contributed by atoms with Gasteiger partial charge in [-0.15, -0.1) is 11.8 Å². The predicted molar refractivity (Wildman–Crippen MR) is 82.4 cm³/mol. The number of nitrogens with one attached hydrogen (secondary N) is 2. The number of carbonyl (C=O) groups is 2. The molecule has 2 amide bonds. The van der Waals surface area contributed by atoms with Crippen LogP contribution in [0.25, 0.3) is 0 Å². The lowest BCUT2D eigenvalue weighted by Crippen LogP contribution is -2.41. The Morgan fingerprint density at radius 2 is 1.90 bits per heavy atom. The molecule has 2 rings (SSSR count). The summed E-state index contributed by atoms with van der Waals surface area (Å²) in [4.78, 5) is 28.0. The fourth-order valence-corrected chi connectivity index (χ4v) is 2.35. The van der Waals surface area contributed by atoms with Gasteiger partial charge in [0.05, 0.1) is 5.56 Å². The molecule has 0 spiro atoms. The standard InChI is InChI=1S/C14H12ClN3O2S/c1-21-14-11(6-3-7-16-14)13(20)18-17-12(19)9-4-2-5-10(15)8-9/h2-8H,1H3,(H,17,19)(H,18,20). The number of hydrazine groups is 1. The fourth-order valence-electron chi connectivity index (χ4n) is 1.61. The maximum Gasteiger partial charge on any atom is 0.272 e. The van der Waals surface area contributed by atoms with Crippen molar-refractivity contribution in [2.75, 3.05) is 6.26 Å². The molecule has 5 nitrogen and oxygen atoms in total. The summed E-state index contributed by atoms with van der Waals surface area (Å²) < 4.78 is 0. The largest absolute Gasteiger partial charge is 0.272 e. The van der Waals surface area contributed by atoms with Crippen molar-refractivity contribution in [3.63, 3.8) is 0 Å². The van der Waals surface area contributed by atoms with Gasteiger partial charge in [-0.05, 0) is 36.6 Å². The Kier molecular flexibility index (Phi) is 5.19. The van der Waals surface area contributed by atoms with Crippen LogP contribution in [0.1, 0.15) is 20.7 Å². The molecule has 2 aromatic rings. The third-order valence-corrected chi connectivity index (χ3v) is 3.53. The molecular formula is C14H12ClN3O2S. The van der Waals surface area contributed by atoms with E-state index in [-0.39, 0.29) is 0 Å². The first-order valence-electron chi connectivity index (χ1n) is 5.97. The topological polar surface area (TPSA) is 71.1 Å². The zero-order valence-electron chi connectivity index (χ0n) is 11.1. The molecule has 0 aliphatic heterocycles. The normalized spacial score (nSPS) is 10.0. The van der Waals surface area contributed by atoms with Crippen LogP contribution in [0.5, 0.6) is 0 Å². The SMILES string of the molecule is CSc1ncccc1C(=O)NNC(=O)c1cccc(Cl)c1. The van der Waals surface area contributed by atoms with Gasteiger partial charge in [0.1, 0.15) is 5.03 Å². The number of hydrogen-bond donors (Lipinski definition) is 2. The molecule has 7 heteroatoms. The molecule has 0 aliphatic carbocycles. The van der Waals surface area contributed by atoms with E-state index in [2.05, 4.69) is 15.8 Å². The summed E-state index contributed by atoms with van der Waals surface area (Å²) in [6.07, 6.45) is 3.43. The van der Waals surface area contributed by atoms with Crippen molar-refractivity contribution in [2.45, 2.75) is 5.03 Å². The van der Waals surface area contributed by atoms with E-state index < -0.39 is 11.8 Å². The van der Waals surface area contributed by atoms with Crippen LogP contribution in [-0.4, -0.2) is 23.1 Å². The molecular weight excluding hydrogens is 310 g/mol. The summed E-state index contributed by atoms with van der Waals surface area (Å²) in [7, 11) is 0. The minimum atomic E-state index is -0.444. The minimum absolute atomic E-state index is 0.360. The average Bonchev–Trinajstić information content (AvgIpc) is 2.52. The van der Waals surface area contributed by atoms with Crippen molar-refractivity contribution in [3.05, 3.63) is 58.7 Å². The lowest BCUT2D eigenvalue weighted by atomic mass is 10.2. The van der Waals surface area contributed by atoms with Gasteiger partial charge in [0.25, 0.3) is 11.8 Å². The molecule has 0 fully saturated rings. The molecule has 2 N–H and O–H groups in total. The maximum atomic E-state index is 12.0. The molecule has 0 unspecified atom stereocenters. The Hall–Kier alpha value is -2.05. The summed E-state index contributed by atoms with van der Waals surface area (Å²) in [6.45, 7) is 0. The van der Waals surface area contributed by atoms with Crippen molar-refractivity contribution < 1.29 is 9.59 Å². The summed E-state index contributed by atoms with van der Waals surface area (Å²) in [6, 6.07) is 9.74. The number of amides is 2. The fraction of sp³-hybridized carbons (Fsp3) is 0.0714. The summed E-state index contributed by atoms with van der Waals surface area (Å²) in [5, 5.41) is 1.04. The molecule has 0 saturated heterocycles. The lowest BCUT2D eigenvalue weighted by molar-refractivity contribution is 0.0844. The van der Waals surface area contributed by atoms with Gasteiger partial charge < -0.3 is 0 Å². The Bertz CT molecular complexity index is 679. The summed E-state index contributed by atoms with van der Waals surface area (Å²) >= 11 is 7.16. The smallest absolute Gasteiger partial charge is 0.267 e. The molecule has 21 heavy (non-hydrogen) atoms. The van der Waals surface area contributed by atoms with Crippen molar-refractivity contribution in [1.29, 1.82) is 0 Å². The van der Waals surface area contributed by atoms with Gasteiger partial charge >= 0.3 is 0 Å². The molecule has 1 heterocycles. The first-order valence-corrected chi connectivity index (χ1v) is 7.57. The second-order valence-electron chi connectivity index (χ2n) is 3.98. The van der Waals surface area contributed by atoms with E-state index in [0.717, 1.165) is 0 Å². The number of thioether (sulfide) groups is 1. The van der Waals surface area contributed by atoms with Crippen LogP contribution in [0.4, 0.5) is 0 Å². The number of pyridine rings is 1. The van der Waals surface area contributed by atoms with E-state index in [4.69, 9.17) is 11.6 Å². The van der Waals surface area contributed by atoms with Gasteiger partial charge in [0, 0.05) is 16.8 Å². The number of rotatable bonds is 3. The van der Waals surface area contributed by atoms with Crippen LogP contribution in [-0.2, 0) is 0 Å². The van der Waals surface area contributed by atoms with Gasteiger partial charge in [0.15, 0.2) is 0 Å². The molecule has 108 valence electrons. The summed E-state index contributed by atoms with van der Waals surface area (Å²) in [5.41, 5.74) is 5.46. The molecule has 0 aliphatic rings. The zero-order valence-corrected chi connectivity index (χ0v) is 12.7. The van der Waals surface area contributed by atoms with E-state index in [1.54, 1.807) is 36.5 Å². The third kappa shape index (κ3) is 3.96. The molecule has 1 aromatic carbocycles. The number of halogens is 1. The lowest BCUT2D eigenvalue weighted by Gasteiger charge is -2.09. The highest BCUT2D eigenvalue weighted by atomic mass is 35.5. The van der Waals surface area contributed by atoms with Gasteiger partial charge in [-0.25, -0.2) is 4.98 Å². The number of benzene rings is 1. The van der Waals surface area contributed by atoms with E-state index >= 15 is 0 Å². The monoisotopic (exact) mass is 321 g/mol. The number of carbonyl (C=O) groups excluding carboxylic acids is 2. The van der Waals surface area contributed by atoms with Gasteiger partial charge in [-0.2, -0.15) is 0 Å². The van der Waals surface area contributed by atoms with E-state index in [9.17, 15) is 9.59 Å². The van der Waals surface area contributed by atoms with Crippen molar-refractivity contribution >= 4 is 35.2 Å². The van der Waals surface area contributed by atoms with Gasteiger partial charge in [0.2, 0.25) is 0 Å². The second kappa shape index (κ2) is 7.10. The maximum absolute atomic E-state index is 12.0. The Labute approximate surface area is 131 Å². The third-order valence-electron chi connectivity index (χ3n) is 2.59. The van der Waals surface area contributed by atoms with Crippen LogP contribution < -0.4 is 10.9 Å². The number of nitrogens with zero attached hydrogens (tertiary/aromatic N) is 1. The van der Waals surface area contributed by atoms with E-state index in [1.165, 1.54) is 17.8 Å². The Morgan fingerprint density at radius 3 is 2.62 bits per heavy atom. The van der Waals surface area contributed by atoms with Crippen LogP contribution in [0.15, 0.2) is 47.6 Å². The van der Waals surface area contributed by atoms with Gasteiger partial charge in [-0.3, -0.25) is 20.4 Å². The second-order valence-corrected chi connectivity index (χ2v) is 5.21. The Morgan fingerprint density at radius 1 is 1.14 bits per heavy atom. The number of hydrogen-bond acceptors (Lipinski definition) is 4. The molecule has 0 atom stereocenters. The summed E-state index contributed by atoms with van der Waals surface area (Å²) in [5.74, 6) is -0.872. The quantitative estimate of drug-likeness (QED) is 0.673. The number of aromatic nitrogens is 1. The van der Waals surface area contributed by atoms with Crippen molar-refractivity contribution in [3.8, 4) is 0 Å². The highest BCUT2D eigenvalue weighted by Crippen LogP contribution is 2.16. The van der Waals surface area contributed by atoms with E-state index in [1.807, 2.05) is 6.26 Å². The first kappa shape index (κ1) is 15.3. The zero-order chi connectivity index (χ0) is 15.2. The molecule has 0 saturated carbocycles. The van der Waals surface area contributed by atoms with Crippen molar-refractivity contribution in [2.24, 2.45) is 0 Å². The minimum Gasteiger partial charge on any atom is -0.267 e. The van der Waals surface area contributed by atoms with Crippen molar-refractivity contribution in [1.82, 2.24) is 15.8 Å². The highest BCUT2D eigenvalue weighted by Gasteiger charge is 2.13. The highest BCUT2D eigenvalue weighted by molar-refractivity contribution is 7.98. The molecule has 0 radical (unpaired) electrons. The predicted octanol–water partition coefficient (Wildman–Crippen LogP) is 2.53. The van der Waals surface area contributed by atoms with Crippen LogP contribution in [0, 0.1) is 0 Å². The molecule has 0 bridgehead atoms. The van der Waals surface area contributed by atoms with Crippen LogP contribution in [0.2, 0.25) is 5.02 Å². The van der Waals surface area contributed by atoms with Gasteiger partial charge in [-0.1, -0.05) is 17.7 Å². The van der Waals surface area contributed by atoms with Crippen LogP contribution >= 0.6 is 23.4 Å². The Balaban J connectivity index is 2.02. The van der Waals surface area contributed by atoms with E-state index in [0.29, 0.717) is 21.2 Å². The molecule has 1 aromatic heterocycles. The average molecular weight is 322 g/mol.